The molecule has 1 fully saturated rings. The zero-order chi connectivity index (χ0) is 15.0. The average Bonchev–Trinajstić information content (AvgIpc) is 2.45. The molecule has 7 nitrogen and oxygen atoms in total. The molecule has 0 saturated carbocycles. The molecule has 1 aliphatic heterocycles. The number of hydrogen-bond acceptors (Lipinski definition) is 5. The number of carbonyl (C=O) groups is 1. The maximum Gasteiger partial charge on any atom is 0.289 e. The van der Waals surface area contributed by atoms with Crippen molar-refractivity contribution in [1.82, 2.24) is 14.9 Å². The highest BCUT2D eigenvalue weighted by Crippen LogP contribution is 2.13. The van der Waals surface area contributed by atoms with Crippen LogP contribution in [0.15, 0.2) is 29.1 Å². The van der Waals surface area contributed by atoms with Gasteiger partial charge in [0.25, 0.3) is 11.5 Å². The predicted octanol–water partition coefficient (Wildman–Crippen LogP) is -0.509. The maximum atomic E-state index is 12.4. The smallest absolute Gasteiger partial charge is 0.289 e. The second kappa shape index (κ2) is 5.27. The third-order valence-corrected chi connectivity index (χ3v) is 3.51. The van der Waals surface area contributed by atoms with Gasteiger partial charge in [-0.25, -0.2) is 4.98 Å². The van der Waals surface area contributed by atoms with Gasteiger partial charge in [0, 0.05) is 19.5 Å². The molecule has 110 valence electrons. The van der Waals surface area contributed by atoms with Crippen LogP contribution < -0.4 is 5.56 Å². The number of para-hydroxylation sites is 1. The lowest BCUT2D eigenvalue weighted by atomic mass is 10.1. The Morgan fingerprint density at radius 3 is 2.62 bits per heavy atom. The van der Waals surface area contributed by atoms with Crippen molar-refractivity contribution in [3.8, 4) is 0 Å². The second-order valence-electron chi connectivity index (χ2n) is 5.19. The van der Waals surface area contributed by atoms with E-state index in [0.29, 0.717) is 10.9 Å². The second-order valence-corrected chi connectivity index (χ2v) is 5.19. The van der Waals surface area contributed by atoms with Gasteiger partial charge in [-0.2, -0.15) is 0 Å². The first-order chi connectivity index (χ1) is 10.0. The number of aromatic amines is 1. The summed E-state index contributed by atoms with van der Waals surface area (Å²) in [5.74, 6) is -0.587. The fraction of sp³-hybridized carbons (Fsp3) is 0.357. The molecule has 0 aliphatic carbocycles. The number of H-pyrrole nitrogens is 1. The van der Waals surface area contributed by atoms with Crippen molar-refractivity contribution in [2.24, 2.45) is 0 Å². The van der Waals surface area contributed by atoms with Gasteiger partial charge in [0.2, 0.25) is 0 Å². The Hall–Kier alpha value is -2.25. The average molecular weight is 289 g/mol. The maximum absolute atomic E-state index is 12.4. The molecular weight excluding hydrogens is 274 g/mol. The van der Waals surface area contributed by atoms with Crippen LogP contribution >= 0.6 is 0 Å². The molecule has 21 heavy (non-hydrogen) atoms. The van der Waals surface area contributed by atoms with E-state index in [4.69, 9.17) is 0 Å². The van der Waals surface area contributed by atoms with Gasteiger partial charge in [0.15, 0.2) is 5.82 Å². The van der Waals surface area contributed by atoms with Crippen LogP contribution in [0.4, 0.5) is 0 Å². The molecule has 1 aromatic carbocycles. The van der Waals surface area contributed by atoms with Crippen molar-refractivity contribution in [2.75, 3.05) is 13.1 Å². The number of nitrogens with zero attached hydrogens (tertiary/aromatic N) is 2. The van der Waals surface area contributed by atoms with Gasteiger partial charge in [-0.05, 0) is 12.1 Å². The molecule has 0 radical (unpaired) electrons. The highest BCUT2D eigenvalue weighted by Gasteiger charge is 2.29. The number of β-amino-alcohol motifs (C(OH)–C–C–N with tert-alkyl or cyclic N) is 2. The Balaban J connectivity index is 1.96. The number of nitrogens with one attached hydrogen (secondary N) is 1. The first kappa shape index (κ1) is 13.7. The zero-order valence-electron chi connectivity index (χ0n) is 11.2. The van der Waals surface area contributed by atoms with E-state index < -0.39 is 18.1 Å². The highest BCUT2D eigenvalue weighted by atomic mass is 16.3. The predicted molar refractivity (Wildman–Crippen MR) is 74.9 cm³/mol. The van der Waals surface area contributed by atoms with Crippen molar-refractivity contribution in [2.45, 2.75) is 18.6 Å². The van der Waals surface area contributed by atoms with Gasteiger partial charge in [-0.15, -0.1) is 0 Å². The van der Waals surface area contributed by atoms with Gasteiger partial charge >= 0.3 is 0 Å². The first-order valence-electron chi connectivity index (χ1n) is 6.69. The van der Waals surface area contributed by atoms with Gasteiger partial charge in [0.1, 0.15) is 0 Å². The van der Waals surface area contributed by atoms with E-state index in [1.807, 2.05) is 0 Å². The topological polar surface area (TPSA) is 107 Å². The molecular formula is C14H15N3O4. The molecule has 2 heterocycles. The third-order valence-electron chi connectivity index (χ3n) is 3.51. The lowest BCUT2D eigenvalue weighted by molar-refractivity contribution is -0.00433. The van der Waals surface area contributed by atoms with E-state index in [2.05, 4.69) is 9.97 Å². The molecule has 0 bridgehead atoms. The summed E-state index contributed by atoms with van der Waals surface area (Å²) in [7, 11) is 0. The summed E-state index contributed by atoms with van der Waals surface area (Å²) >= 11 is 0. The van der Waals surface area contributed by atoms with E-state index in [9.17, 15) is 19.8 Å². The van der Waals surface area contributed by atoms with Crippen molar-refractivity contribution in [1.29, 1.82) is 0 Å². The van der Waals surface area contributed by atoms with Crippen LogP contribution in [0.3, 0.4) is 0 Å². The molecule has 3 N–H and O–H groups in total. The van der Waals surface area contributed by atoms with Crippen molar-refractivity contribution in [3.63, 3.8) is 0 Å². The quantitative estimate of drug-likeness (QED) is 0.655. The van der Waals surface area contributed by atoms with E-state index in [1.165, 1.54) is 4.90 Å². The van der Waals surface area contributed by atoms with E-state index in [-0.39, 0.29) is 30.9 Å². The van der Waals surface area contributed by atoms with E-state index >= 15 is 0 Å². The van der Waals surface area contributed by atoms with Gasteiger partial charge in [0.05, 0.1) is 23.1 Å². The Bertz CT molecular complexity index is 732. The number of piperidine rings is 1. The summed E-state index contributed by atoms with van der Waals surface area (Å²) in [5.41, 5.74) is 0.0461. The molecule has 1 aliphatic rings. The minimum atomic E-state index is -0.773. The minimum absolute atomic E-state index is 0.0833. The largest absolute Gasteiger partial charge is 0.391 e. The van der Waals surface area contributed by atoms with E-state index in [1.54, 1.807) is 24.3 Å². The van der Waals surface area contributed by atoms with Crippen LogP contribution in [0.5, 0.6) is 0 Å². The minimum Gasteiger partial charge on any atom is -0.391 e. The monoisotopic (exact) mass is 289 g/mol. The molecule has 2 atom stereocenters. The van der Waals surface area contributed by atoms with Crippen LogP contribution in [-0.4, -0.2) is 56.3 Å². The van der Waals surface area contributed by atoms with Crippen molar-refractivity contribution < 1.29 is 15.0 Å². The number of fused-ring (bicyclic) bond motifs is 1. The number of carbonyl (C=O) groups excluding carboxylic acids is 1. The number of rotatable bonds is 1. The summed E-state index contributed by atoms with van der Waals surface area (Å²) in [5, 5.41) is 19.7. The number of likely N-dealkylation sites (tertiary alicyclic amines) is 1. The molecule has 1 saturated heterocycles. The van der Waals surface area contributed by atoms with Gasteiger partial charge in [-0.3, -0.25) is 9.59 Å². The summed E-state index contributed by atoms with van der Waals surface area (Å²) < 4.78 is 0. The van der Waals surface area contributed by atoms with Gasteiger partial charge in [-0.1, -0.05) is 12.1 Å². The summed E-state index contributed by atoms with van der Waals surface area (Å²) in [6, 6.07) is 6.74. The molecule has 1 aromatic heterocycles. The standard InChI is InChI=1S/C14H15N3O4/c18-8-5-9(19)7-17(6-8)14(21)12-15-11-4-2-1-3-10(11)13(20)16-12/h1-4,8-9,18-19H,5-7H2,(H,15,16,20)/t8-,9-/m1/s1. The van der Waals surface area contributed by atoms with Crippen LogP contribution in [-0.2, 0) is 0 Å². The first-order valence-corrected chi connectivity index (χ1v) is 6.69. The number of aliphatic hydroxyl groups excluding tert-OH is 2. The number of benzene rings is 1. The zero-order valence-corrected chi connectivity index (χ0v) is 11.2. The number of hydrogen-bond donors (Lipinski definition) is 3. The van der Waals surface area contributed by atoms with Crippen LogP contribution in [0, 0.1) is 0 Å². The third kappa shape index (κ3) is 2.65. The molecule has 7 heteroatoms. The summed E-state index contributed by atoms with van der Waals surface area (Å²) in [6.07, 6.45) is -1.31. The highest BCUT2D eigenvalue weighted by molar-refractivity contribution is 5.92. The van der Waals surface area contributed by atoms with Crippen molar-refractivity contribution in [3.05, 3.63) is 40.4 Å². The number of aliphatic hydroxyl groups is 2. The molecule has 0 unspecified atom stereocenters. The van der Waals surface area contributed by atoms with Gasteiger partial charge < -0.3 is 20.1 Å². The molecule has 1 amide bonds. The SMILES string of the molecule is O=C(c1nc2ccccc2c(=O)[nH]1)N1C[C@H](O)C[C@@H](O)C1. The van der Waals surface area contributed by atoms with Crippen LogP contribution in [0.1, 0.15) is 17.0 Å². The van der Waals surface area contributed by atoms with Crippen molar-refractivity contribution >= 4 is 16.8 Å². The lowest BCUT2D eigenvalue weighted by Crippen LogP contribution is -2.49. The number of aromatic nitrogens is 2. The number of amides is 1. The molecule has 2 aromatic rings. The van der Waals surface area contributed by atoms with Crippen LogP contribution in [0.25, 0.3) is 10.9 Å². The fourth-order valence-corrected chi connectivity index (χ4v) is 2.55. The summed E-state index contributed by atoms with van der Waals surface area (Å²) in [6.45, 7) is 0.235. The van der Waals surface area contributed by atoms with Crippen LogP contribution in [0.2, 0.25) is 0 Å². The molecule has 0 spiro atoms. The lowest BCUT2D eigenvalue weighted by Gasteiger charge is -2.32. The molecule has 3 rings (SSSR count). The Morgan fingerprint density at radius 1 is 1.24 bits per heavy atom. The Morgan fingerprint density at radius 2 is 1.90 bits per heavy atom. The normalized spacial score (nSPS) is 22.5. The fourth-order valence-electron chi connectivity index (χ4n) is 2.55. The Labute approximate surface area is 119 Å². The Kier molecular flexibility index (Phi) is 3.44. The van der Waals surface area contributed by atoms with E-state index in [0.717, 1.165) is 0 Å². The summed E-state index contributed by atoms with van der Waals surface area (Å²) in [4.78, 5) is 32.2.